The first-order chi connectivity index (χ1) is 18.5. The smallest absolute Gasteiger partial charge is 0.248 e. The van der Waals surface area contributed by atoms with Gasteiger partial charge in [-0.1, -0.05) is 62.9 Å². The zero-order chi connectivity index (χ0) is 26.7. The molecular formula is C30H43N5O3. The Labute approximate surface area is 226 Å². The number of piperidine rings is 1. The monoisotopic (exact) mass is 521 g/mol. The Morgan fingerprint density at radius 1 is 1.11 bits per heavy atom. The number of H-pyrrole nitrogens is 1. The van der Waals surface area contributed by atoms with Crippen molar-refractivity contribution in [2.45, 2.75) is 95.4 Å². The maximum atomic E-state index is 13.9. The molecule has 3 N–H and O–H groups in total. The molecule has 8 heteroatoms. The van der Waals surface area contributed by atoms with Crippen molar-refractivity contribution < 1.29 is 14.7 Å². The van der Waals surface area contributed by atoms with Crippen molar-refractivity contribution in [3.05, 3.63) is 53.3 Å². The van der Waals surface area contributed by atoms with Crippen LogP contribution < -0.4 is 5.32 Å². The molecule has 1 saturated carbocycles. The van der Waals surface area contributed by atoms with Crippen LogP contribution in [0.4, 0.5) is 0 Å². The number of rotatable bonds is 8. The van der Waals surface area contributed by atoms with Gasteiger partial charge < -0.3 is 15.3 Å². The van der Waals surface area contributed by atoms with Gasteiger partial charge in [0.2, 0.25) is 11.8 Å². The standard InChI is InChI=1S/C30H43N5O3/c1-3-4-17-35-28(37)25(27(36)23-13-9-6-10-14-23)32-29(38)30(35)15-18-34(19-16-30)26(22-11-7-5-8-12-22)24-20-31-33-21(24)2/h5,7-8,11-12,20,23,25-27,36H,3-4,6,9-10,13-19H2,1-2H3,(H,31,33)(H,32,38)/t25-,26?,27-/m1/s1. The number of aryl methyl sites for hydroxylation is 1. The second kappa shape index (κ2) is 11.6. The van der Waals surface area contributed by atoms with Crippen LogP contribution in [0.1, 0.15) is 87.6 Å². The van der Waals surface area contributed by atoms with Gasteiger partial charge in [-0.05, 0) is 50.5 Å². The average molecular weight is 522 g/mol. The summed E-state index contributed by atoms with van der Waals surface area (Å²) in [4.78, 5) is 32.1. The molecule has 206 valence electrons. The lowest BCUT2D eigenvalue weighted by molar-refractivity contribution is -0.166. The Bertz CT molecular complexity index is 1090. The third-order valence-electron chi connectivity index (χ3n) is 9.24. The Morgan fingerprint density at radius 2 is 1.82 bits per heavy atom. The van der Waals surface area contributed by atoms with Crippen molar-refractivity contribution in [2.75, 3.05) is 19.6 Å². The minimum Gasteiger partial charge on any atom is -0.390 e. The number of likely N-dealkylation sites (tertiary alicyclic amines) is 1. The highest BCUT2D eigenvalue weighted by Gasteiger charge is 2.55. The quantitative estimate of drug-likeness (QED) is 0.492. The van der Waals surface area contributed by atoms with Crippen LogP contribution in [0.15, 0.2) is 36.5 Å². The third kappa shape index (κ3) is 5.00. The fraction of sp³-hybridized carbons (Fsp3) is 0.633. The van der Waals surface area contributed by atoms with E-state index in [1.54, 1.807) is 0 Å². The first-order valence-corrected chi connectivity index (χ1v) is 14.6. The summed E-state index contributed by atoms with van der Waals surface area (Å²) in [6, 6.07) is 9.61. The van der Waals surface area contributed by atoms with Crippen LogP contribution in [0, 0.1) is 12.8 Å². The van der Waals surface area contributed by atoms with E-state index in [-0.39, 0.29) is 23.8 Å². The van der Waals surface area contributed by atoms with Crippen LogP contribution >= 0.6 is 0 Å². The lowest BCUT2D eigenvalue weighted by Gasteiger charge is -2.53. The van der Waals surface area contributed by atoms with E-state index in [2.05, 4.69) is 51.6 Å². The molecule has 3 heterocycles. The number of aliphatic hydroxyl groups excluding tert-OH is 1. The first-order valence-electron chi connectivity index (χ1n) is 14.6. The Morgan fingerprint density at radius 3 is 2.45 bits per heavy atom. The van der Waals surface area contributed by atoms with Gasteiger partial charge >= 0.3 is 0 Å². The first kappa shape index (κ1) is 26.9. The van der Waals surface area contributed by atoms with Gasteiger partial charge in [-0.2, -0.15) is 5.10 Å². The van der Waals surface area contributed by atoms with Gasteiger partial charge in [0.25, 0.3) is 0 Å². The van der Waals surface area contributed by atoms with Crippen molar-refractivity contribution in [3.63, 3.8) is 0 Å². The summed E-state index contributed by atoms with van der Waals surface area (Å²) in [5, 5.41) is 21.6. The van der Waals surface area contributed by atoms with Gasteiger partial charge in [0.05, 0.1) is 18.3 Å². The molecule has 1 spiro atoms. The average Bonchev–Trinajstić information content (AvgIpc) is 3.37. The number of aromatic amines is 1. The fourth-order valence-electron chi connectivity index (χ4n) is 6.97. The van der Waals surface area contributed by atoms with Crippen LogP contribution in [-0.2, 0) is 9.59 Å². The molecule has 1 aromatic heterocycles. The Balaban J connectivity index is 1.38. The van der Waals surface area contributed by atoms with Crippen LogP contribution in [-0.4, -0.2) is 74.2 Å². The highest BCUT2D eigenvalue weighted by Crippen LogP contribution is 2.40. The van der Waals surface area contributed by atoms with E-state index in [4.69, 9.17) is 0 Å². The highest BCUT2D eigenvalue weighted by molar-refractivity contribution is 6.00. The fourth-order valence-corrected chi connectivity index (χ4v) is 6.97. The van der Waals surface area contributed by atoms with Crippen molar-refractivity contribution >= 4 is 11.8 Å². The molecule has 2 saturated heterocycles. The molecule has 0 radical (unpaired) electrons. The lowest BCUT2D eigenvalue weighted by atomic mass is 9.77. The Kier molecular flexibility index (Phi) is 8.19. The summed E-state index contributed by atoms with van der Waals surface area (Å²) in [5.74, 6) is -0.120. The predicted octanol–water partition coefficient (Wildman–Crippen LogP) is 3.71. The molecule has 38 heavy (non-hydrogen) atoms. The largest absolute Gasteiger partial charge is 0.390 e. The number of hydrogen-bond acceptors (Lipinski definition) is 5. The lowest BCUT2D eigenvalue weighted by Crippen LogP contribution is -2.75. The van der Waals surface area contributed by atoms with Gasteiger partial charge in [0.1, 0.15) is 11.6 Å². The topological polar surface area (TPSA) is 102 Å². The number of hydrogen-bond donors (Lipinski definition) is 3. The molecule has 3 atom stereocenters. The molecule has 3 fully saturated rings. The summed E-state index contributed by atoms with van der Waals surface area (Å²) in [6.45, 7) is 6.07. The molecule has 0 bridgehead atoms. The Hall–Kier alpha value is -2.71. The van der Waals surface area contributed by atoms with E-state index in [1.807, 2.05) is 24.1 Å². The molecule has 2 amide bonds. The minimum absolute atomic E-state index is 0.0274. The number of aliphatic hydroxyl groups is 1. The number of amides is 2. The maximum absolute atomic E-state index is 13.9. The van der Waals surface area contributed by atoms with Gasteiger partial charge in [0, 0.05) is 30.9 Å². The zero-order valence-corrected chi connectivity index (χ0v) is 22.9. The molecule has 8 nitrogen and oxygen atoms in total. The minimum atomic E-state index is -0.863. The number of benzene rings is 1. The van der Waals surface area contributed by atoms with E-state index in [0.29, 0.717) is 32.5 Å². The summed E-state index contributed by atoms with van der Waals surface area (Å²) in [5.41, 5.74) is 2.50. The second-order valence-electron chi connectivity index (χ2n) is 11.5. The van der Waals surface area contributed by atoms with Gasteiger partial charge in [-0.3, -0.25) is 19.6 Å². The summed E-state index contributed by atoms with van der Waals surface area (Å²) < 4.78 is 0. The van der Waals surface area contributed by atoms with Crippen molar-refractivity contribution in [1.82, 2.24) is 25.3 Å². The van der Waals surface area contributed by atoms with Crippen LogP contribution in [0.5, 0.6) is 0 Å². The zero-order valence-electron chi connectivity index (χ0n) is 22.9. The predicted molar refractivity (Wildman–Crippen MR) is 146 cm³/mol. The van der Waals surface area contributed by atoms with E-state index in [0.717, 1.165) is 49.8 Å². The second-order valence-corrected chi connectivity index (χ2v) is 11.5. The molecule has 2 aromatic rings. The van der Waals surface area contributed by atoms with E-state index in [9.17, 15) is 14.7 Å². The third-order valence-corrected chi connectivity index (χ3v) is 9.24. The number of carbonyl (C=O) groups is 2. The number of carbonyl (C=O) groups excluding carboxylic acids is 2. The van der Waals surface area contributed by atoms with E-state index < -0.39 is 17.7 Å². The molecule has 1 unspecified atom stereocenters. The number of aromatic nitrogens is 2. The van der Waals surface area contributed by atoms with Crippen LogP contribution in [0.2, 0.25) is 0 Å². The highest BCUT2D eigenvalue weighted by atomic mass is 16.3. The molecular weight excluding hydrogens is 478 g/mol. The molecule has 1 aliphatic carbocycles. The molecule has 2 aliphatic heterocycles. The summed E-state index contributed by atoms with van der Waals surface area (Å²) >= 11 is 0. The SMILES string of the molecule is CCCCN1C(=O)[C@@H]([C@H](O)C2CCCCC2)NC(=O)C12CCN(C(c1ccccc1)c1cn[nH]c1C)CC2. The summed E-state index contributed by atoms with van der Waals surface area (Å²) in [7, 11) is 0. The van der Waals surface area contributed by atoms with Crippen LogP contribution in [0.25, 0.3) is 0 Å². The molecule has 5 rings (SSSR count). The van der Waals surface area contributed by atoms with Gasteiger partial charge in [0.15, 0.2) is 0 Å². The maximum Gasteiger partial charge on any atom is 0.248 e. The number of unbranched alkanes of at least 4 members (excludes halogenated alkanes) is 1. The van der Waals surface area contributed by atoms with Crippen LogP contribution in [0.3, 0.4) is 0 Å². The van der Waals surface area contributed by atoms with E-state index >= 15 is 0 Å². The normalized spacial score (nSPS) is 24.4. The van der Waals surface area contributed by atoms with Gasteiger partial charge in [-0.25, -0.2) is 0 Å². The summed E-state index contributed by atoms with van der Waals surface area (Å²) in [6.07, 6.45) is 9.19. The van der Waals surface area contributed by atoms with Crippen molar-refractivity contribution in [3.8, 4) is 0 Å². The van der Waals surface area contributed by atoms with Crippen molar-refractivity contribution in [1.29, 1.82) is 0 Å². The number of piperazine rings is 1. The van der Waals surface area contributed by atoms with E-state index in [1.165, 1.54) is 12.0 Å². The molecule has 1 aromatic carbocycles. The van der Waals surface area contributed by atoms with Crippen molar-refractivity contribution in [2.24, 2.45) is 5.92 Å². The number of nitrogens with one attached hydrogen (secondary N) is 2. The van der Waals surface area contributed by atoms with Gasteiger partial charge in [-0.15, -0.1) is 0 Å². The number of nitrogens with zero attached hydrogens (tertiary/aromatic N) is 3. The molecule has 3 aliphatic rings.